The zero-order valence-corrected chi connectivity index (χ0v) is 12.7. The van der Waals surface area contributed by atoms with E-state index >= 15 is 0 Å². The fraction of sp³-hybridized carbons (Fsp3) is 0.278. The Morgan fingerprint density at radius 3 is 2.68 bits per heavy atom. The van der Waals surface area contributed by atoms with Crippen molar-refractivity contribution in [2.24, 2.45) is 5.10 Å². The molecule has 0 atom stereocenters. The number of hydrazone groups is 1. The van der Waals surface area contributed by atoms with Crippen LogP contribution in [0.25, 0.3) is 0 Å². The average Bonchev–Trinajstić information content (AvgIpc) is 2.59. The molecule has 0 unspecified atom stereocenters. The molecule has 4 nitrogen and oxygen atoms in total. The van der Waals surface area contributed by atoms with Gasteiger partial charge in [-0.15, -0.1) is 0 Å². The summed E-state index contributed by atoms with van der Waals surface area (Å²) in [4.78, 5) is 0. The van der Waals surface area contributed by atoms with Crippen LogP contribution in [0.4, 0.5) is 0 Å². The van der Waals surface area contributed by atoms with Crippen LogP contribution in [0.1, 0.15) is 23.1 Å². The van der Waals surface area contributed by atoms with Crippen LogP contribution in [-0.2, 0) is 13.1 Å². The van der Waals surface area contributed by atoms with Crippen LogP contribution in [0.2, 0.25) is 0 Å². The first-order chi connectivity index (χ1) is 10.9. The Labute approximate surface area is 131 Å². The van der Waals surface area contributed by atoms with E-state index in [0.29, 0.717) is 0 Å². The molecule has 0 fully saturated rings. The second-order valence-electron chi connectivity index (χ2n) is 5.40. The highest BCUT2D eigenvalue weighted by molar-refractivity contribution is 6.00. The highest BCUT2D eigenvalue weighted by Crippen LogP contribution is 2.12. The van der Waals surface area contributed by atoms with Gasteiger partial charge in [0.1, 0.15) is 0 Å². The van der Waals surface area contributed by atoms with Gasteiger partial charge in [-0.2, -0.15) is 5.10 Å². The molecule has 0 aliphatic carbocycles. The van der Waals surface area contributed by atoms with Gasteiger partial charge in [0, 0.05) is 18.7 Å². The molecule has 1 heterocycles. The molecule has 1 aliphatic heterocycles. The van der Waals surface area contributed by atoms with Crippen molar-refractivity contribution in [3.63, 3.8) is 0 Å². The van der Waals surface area contributed by atoms with E-state index in [-0.39, 0.29) is 0 Å². The maximum Gasteiger partial charge on any atom is 0.153 e. The Bertz CT molecular complexity index is 622. The molecule has 114 valence electrons. The smallest absolute Gasteiger partial charge is 0.153 e. The molecule has 0 radical (unpaired) electrons. The van der Waals surface area contributed by atoms with E-state index < -0.39 is 0 Å². The van der Waals surface area contributed by atoms with Crippen molar-refractivity contribution in [1.82, 2.24) is 16.1 Å². The highest BCUT2D eigenvalue weighted by Gasteiger charge is 2.12. The first-order valence-corrected chi connectivity index (χ1v) is 7.81. The van der Waals surface area contributed by atoms with Gasteiger partial charge in [0.15, 0.2) is 5.84 Å². The Hall–Kier alpha value is -2.33. The molecule has 0 amide bonds. The summed E-state index contributed by atoms with van der Waals surface area (Å²) >= 11 is 0. The van der Waals surface area contributed by atoms with E-state index in [1.807, 2.05) is 6.07 Å². The lowest BCUT2D eigenvalue weighted by Gasteiger charge is -2.18. The van der Waals surface area contributed by atoms with Gasteiger partial charge in [0.05, 0.1) is 6.54 Å². The fourth-order valence-corrected chi connectivity index (χ4v) is 2.55. The molecular formula is C18H22N4. The van der Waals surface area contributed by atoms with Gasteiger partial charge in [0.2, 0.25) is 0 Å². The number of nitrogens with one attached hydrogen (secondary N) is 3. The van der Waals surface area contributed by atoms with Gasteiger partial charge in [-0.25, -0.2) is 0 Å². The third-order valence-corrected chi connectivity index (χ3v) is 3.73. The lowest BCUT2D eigenvalue weighted by Crippen LogP contribution is -2.33. The van der Waals surface area contributed by atoms with Crippen molar-refractivity contribution in [2.75, 3.05) is 13.1 Å². The van der Waals surface area contributed by atoms with Gasteiger partial charge in [-0.05, 0) is 24.1 Å². The molecule has 3 N–H and O–H groups in total. The lowest BCUT2D eigenvalue weighted by molar-refractivity contribution is 0.635. The molecule has 0 bridgehead atoms. The molecule has 3 rings (SSSR count). The topological polar surface area (TPSA) is 48.5 Å². The molecule has 0 saturated heterocycles. The van der Waals surface area contributed by atoms with Gasteiger partial charge in [-0.3, -0.25) is 0 Å². The number of hydrogen-bond donors (Lipinski definition) is 3. The maximum absolute atomic E-state index is 4.37. The Balaban J connectivity index is 1.38. The molecular weight excluding hydrogens is 272 g/mol. The summed E-state index contributed by atoms with van der Waals surface area (Å²) in [7, 11) is 0. The summed E-state index contributed by atoms with van der Waals surface area (Å²) in [6.45, 7) is 3.63. The second kappa shape index (κ2) is 7.61. The SMILES string of the molecule is c1ccc(CNCCCNC2=NNCc3ccccc32)cc1. The van der Waals surface area contributed by atoms with Crippen molar-refractivity contribution >= 4 is 5.84 Å². The lowest BCUT2D eigenvalue weighted by atomic mass is 10.1. The minimum Gasteiger partial charge on any atom is -0.368 e. The van der Waals surface area contributed by atoms with Gasteiger partial charge in [0.25, 0.3) is 0 Å². The van der Waals surface area contributed by atoms with E-state index in [4.69, 9.17) is 0 Å². The molecule has 4 heteroatoms. The van der Waals surface area contributed by atoms with Crippen molar-refractivity contribution in [2.45, 2.75) is 19.5 Å². The standard InChI is InChI=1S/C18H22N4/c1-2-7-15(8-3-1)13-19-11-6-12-20-18-17-10-5-4-9-16(17)14-21-22-18/h1-5,7-10,19,21H,6,11-14H2,(H,20,22). The summed E-state index contributed by atoms with van der Waals surface area (Å²) < 4.78 is 0. The summed E-state index contributed by atoms with van der Waals surface area (Å²) in [6, 6.07) is 18.9. The monoisotopic (exact) mass is 294 g/mol. The summed E-state index contributed by atoms with van der Waals surface area (Å²) in [5, 5.41) is 11.3. The van der Waals surface area contributed by atoms with Crippen molar-refractivity contribution in [3.8, 4) is 0 Å². The van der Waals surface area contributed by atoms with E-state index in [9.17, 15) is 0 Å². The Morgan fingerprint density at radius 1 is 0.955 bits per heavy atom. The zero-order chi connectivity index (χ0) is 15.0. The summed E-state index contributed by atoms with van der Waals surface area (Å²) in [5.41, 5.74) is 6.90. The summed E-state index contributed by atoms with van der Waals surface area (Å²) in [5.74, 6) is 0.949. The molecule has 2 aromatic rings. The number of amidine groups is 1. The van der Waals surface area contributed by atoms with Crippen molar-refractivity contribution in [1.29, 1.82) is 0 Å². The highest BCUT2D eigenvalue weighted by atomic mass is 15.3. The van der Waals surface area contributed by atoms with Crippen LogP contribution in [-0.4, -0.2) is 18.9 Å². The number of fused-ring (bicyclic) bond motifs is 1. The number of nitrogens with zero attached hydrogens (tertiary/aromatic N) is 1. The zero-order valence-electron chi connectivity index (χ0n) is 12.7. The third kappa shape index (κ3) is 3.86. The average molecular weight is 294 g/mol. The van der Waals surface area contributed by atoms with Crippen molar-refractivity contribution in [3.05, 3.63) is 71.3 Å². The largest absolute Gasteiger partial charge is 0.368 e. The number of benzene rings is 2. The van der Waals surface area contributed by atoms with Crippen LogP contribution < -0.4 is 16.1 Å². The minimum absolute atomic E-state index is 0.806. The minimum atomic E-state index is 0.806. The van der Waals surface area contributed by atoms with Crippen LogP contribution >= 0.6 is 0 Å². The predicted molar refractivity (Wildman–Crippen MR) is 90.6 cm³/mol. The number of rotatable bonds is 6. The predicted octanol–water partition coefficient (Wildman–Crippen LogP) is 2.22. The van der Waals surface area contributed by atoms with Gasteiger partial charge < -0.3 is 16.1 Å². The molecule has 22 heavy (non-hydrogen) atoms. The Kier molecular flexibility index (Phi) is 5.05. The van der Waals surface area contributed by atoms with E-state index in [1.54, 1.807) is 0 Å². The normalized spacial score (nSPS) is 13.0. The maximum atomic E-state index is 4.37. The van der Waals surface area contributed by atoms with E-state index in [1.165, 1.54) is 16.7 Å². The van der Waals surface area contributed by atoms with Crippen LogP contribution in [0.15, 0.2) is 59.7 Å². The number of hydrogen-bond acceptors (Lipinski definition) is 4. The van der Waals surface area contributed by atoms with Crippen LogP contribution in [0.3, 0.4) is 0 Å². The van der Waals surface area contributed by atoms with E-state index in [0.717, 1.165) is 38.4 Å². The quantitative estimate of drug-likeness (QED) is 0.716. The van der Waals surface area contributed by atoms with Crippen LogP contribution in [0, 0.1) is 0 Å². The van der Waals surface area contributed by atoms with Crippen molar-refractivity contribution < 1.29 is 0 Å². The molecule has 2 aromatic carbocycles. The third-order valence-electron chi connectivity index (χ3n) is 3.73. The molecule has 1 aliphatic rings. The Morgan fingerprint density at radius 2 is 1.77 bits per heavy atom. The fourth-order valence-electron chi connectivity index (χ4n) is 2.55. The molecule has 0 spiro atoms. The molecule has 0 aromatic heterocycles. The first kappa shape index (κ1) is 14.6. The first-order valence-electron chi connectivity index (χ1n) is 7.81. The van der Waals surface area contributed by atoms with Gasteiger partial charge in [-0.1, -0.05) is 54.6 Å². The van der Waals surface area contributed by atoms with Crippen LogP contribution in [0.5, 0.6) is 0 Å². The van der Waals surface area contributed by atoms with E-state index in [2.05, 4.69) is 69.7 Å². The van der Waals surface area contributed by atoms with Gasteiger partial charge >= 0.3 is 0 Å². The molecule has 0 saturated carbocycles. The summed E-state index contributed by atoms with van der Waals surface area (Å²) in [6.07, 6.45) is 1.06. The second-order valence-corrected chi connectivity index (χ2v) is 5.40.